The second kappa shape index (κ2) is 11.0. The molecule has 3 heterocycles. The third kappa shape index (κ3) is 5.79. The predicted octanol–water partition coefficient (Wildman–Crippen LogP) is 1.53. The average molecular weight is 452 g/mol. The minimum Gasteiger partial charge on any atom is -0.381 e. The first-order chi connectivity index (χ1) is 15.0. The second-order valence-corrected chi connectivity index (χ2v) is 9.14. The highest BCUT2D eigenvalue weighted by molar-refractivity contribution is 7.08. The summed E-state index contributed by atoms with van der Waals surface area (Å²) >= 11 is 1.13. The number of aryl methyl sites for hydroxylation is 1. The molecule has 2 N–H and O–H groups in total. The Morgan fingerprint density at radius 1 is 1.19 bits per heavy atom. The lowest BCUT2D eigenvalue weighted by atomic mass is 9.73. The molecule has 0 radical (unpaired) electrons. The van der Waals surface area contributed by atoms with Gasteiger partial charge in [0.2, 0.25) is 11.8 Å². The number of amides is 3. The first-order valence-electron chi connectivity index (χ1n) is 11.2. The highest BCUT2D eigenvalue weighted by atomic mass is 32.1. The van der Waals surface area contributed by atoms with Crippen LogP contribution in [-0.2, 0) is 20.7 Å². The maximum atomic E-state index is 13.3. The van der Waals surface area contributed by atoms with E-state index in [0.717, 1.165) is 42.9 Å². The highest BCUT2D eigenvalue weighted by Gasteiger charge is 2.43. The van der Waals surface area contributed by atoms with Gasteiger partial charge in [0, 0.05) is 32.8 Å². The van der Waals surface area contributed by atoms with Gasteiger partial charge in [0.25, 0.3) is 5.91 Å². The molecule has 3 amide bonds. The van der Waals surface area contributed by atoms with Gasteiger partial charge < -0.3 is 20.3 Å². The van der Waals surface area contributed by atoms with Crippen molar-refractivity contribution in [2.24, 2.45) is 5.41 Å². The van der Waals surface area contributed by atoms with E-state index in [9.17, 15) is 14.4 Å². The van der Waals surface area contributed by atoms with Crippen molar-refractivity contribution in [1.82, 2.24) is 25.1 Å². The molecule has 9 nitrogen and oxygen atoms in total. The smallest absolute Gasteiger partial charge is 0.267 e. The van der Waals surface area contributed by atoms with Gasteiger partial charge in [0.05, 0.1) is 11.1 Å². The summed E-state index contributed by atoms with van der Waals surface area (Å²) in [4.78, 5) is 40.9. The number of nitrogens with one attached hydrogen (secondary N) is 2. The molecular formula is C21H33N5O4S. The molecular weight excluding hydrogens is 418 g/mol. The van der Waals surface area contributed by atoms with Crippen molar-refractivity contribution >= 4 is 29.3 Å². The first-order valence-corrected chi connectivity index (χ1v) is 12.0. The zero-order valence-corrected chi connectivity index (χ0v) is 19.3. The molecule has 0 bridgehead atoms. The van der Waals surface area contributed by atoms with Gasteiger partial charge in [-0.25, -0.2) is 0 Å². The van der Waals surface area contributed by atoms with E-state index in [1.807, 2.05) is 6.92 Å². The molecule has 1 atom stereocenters. The molecule has 172 valence electrons. The quantitative estimate of drug-likeness (QED) is 0.705. The number of carbonyl (C=O) groups is 3. The van der Waals surface area contributed by atoms with Crippen LogP contribution in [0.1, 0.15) is 67.7 Å². The van der Waals surface area contributed by atoms with Gasteiger partial charge in [0.1, 0.15) is 10.9 Å². The van der Waals surface area contributed by atoms with Crippen molar-refractivity contribution in [3.05, 3.63) is 10.6 Å². The van der Waals surface area contributed by atoms with Gasteiger partial charge in [0.15, 0.2) is 0 Å². The molecule has 2 aliphatic heterocycles. The van der Waals surface area contributed by atoms with E-state index in [1.54, 1.807) is 11.8 Å². The Kier molecular flexibility index (Phi) is 8.36. The van der Waals surface area contributed by atoms with Crippen molar-refractivity contribution in [2.45, 2.75) is 64.8 Å². The van der Waals surface area contributed by atoms with Crippen LogP contribution in [0.25, 0.3) is 0 Å². The molecule has 0 aliphatic carbocycles. The second-order valence-electron chi connectivity index (χ2n) is 8.38. The minimum absolute atomic E-state index is 0.0517. The van der Waals surface area contributed by atoms with E-state index in [-0.39, 0.29) is 17.7 Å². The van der Waals surface area contributed by atoms with E-state index in [2.05, 4.69) is 20.2 Å². The molecule has 31 heavy (non-hydrogen) atoms. The van der Waals surface area contributed by atoms with Gasteiger partial charge in [-0.15, -0.1) is 5.10 Å². The van der Waals surface area contributed by atoms with Crippen LogP contribution < -0.4 is 10.6 Å². The number of carbonyl (C=O) groups excluding carboxylic acids is 3. The van der Waals surface area contributed by atoms with Gasteiger partial charge in [-0.1, -0.05) is 17.8 Å². The number of aromatic nitrogens is 2. The Hall–Kier alpha value is -2.07. The molecule has 2 fully saturated rings. The van der Waals surface area contributed by atoms with E-state index in [1.165, 1.54) is 0 Å². The van der Waals surface area contributed by atoms with Crippen LogP contribution in [0.15, 0.2) is 0 Å². The summed E-state index contributed by atoms with van der Waals surface area (Å²) in [6.45, 7) is 6.49. The molecule has 0 saturated carbocycles. The number of hydrogen-bond donors (Lipinski definition) is 2. The lowest BCUT2D eigenvalue weighted by Crippen LogP contribution is -2.54. The summed E-state index contributed by atoms with van der Waals surface area (Å²) in [6.07, 6.45) is 5.07. The third-order valence-corrected chi connectivity index (χ3v) is 7.03. The number of ether oxygens (including phenoxy) is 1. The van der Waals surface area contributed by atoms with Gasteiger partial charge in [-0.2, -0.15) is 0 Å². The van der Waals surface area contributed by atoms with Crippen LogP contribution in [0.4, 0.5) is 0 Å². The summed E-state index contributed by atoms with van der Waals surface area (Å²) in [5.74, 6) is -0.323. The van der Waals surface area contributed by atoms with E-state index >= 15 is 0 Å². The highest BCUT2D eigenvalue weighted by Crippen LogP contribution is 2.38. The zero-order valence-electron chi connectivity index (χ0n) is 18.4. The van der Waals surface area contributed by atoms with Crippen LogP contribution >= 0.6 is 11.5 Å². The number of nitrogens with zero attached hydrogens (tertiary/aromatic N) is 3. The fraction of sp³-hybridized carbons (Fsp3) is 0.762. The van der Waals surface area contributed by atoms with Crippen LogP contribution in [0.3, 0.4) is 0 Å². The molecule has 1 aromatic rings. The molecule has 2 saturated heterocycles. The normalized spacial score (nSPS) is 23.7. The number of hydrogen-bond acceptors (Lipinski definition) is 7. The third-order valence-electron chi connectivity index (χ3n) is 6.27. The van der Waals surface area contributed by atoms with Crippen LogP contribution in [0.5, 0.6) is 0 Å². The Bertz CT molecular complexity index is 776. The predicted molar refractivity (Wildman–Crippen MR) is 117 cm³/mol. The average Bonchev–Trinajstić information content (AvgIpc) is 3.26. The molecule has 3 rings (SSSR count). The Balaban J connectivity index is 1.69. The Morgan fingerprint density at radius 3 is 2.68 bits per heavy atom. The van der Waals surface area contributed by atoms with E-state index < -0.39 is 11.5 Å². The maximum absolute atomic E-state index is 13.3. The van der Waals surface area contributed by atoms with Gasteiger partial charge in [-0.3, -0.25) is 14.4 Å². The van der Waals surface area contributed by atoms with Crippen molar-refractivity contribution in [3.63, 3.8) is 0 Å². The van der Waals surface area contributed by atoms with E-state index in [4.69, 9.17) is 4.74 Å². The fourth-order valence-corrected chi connectivity index (χ4v) is 4.92. The summed E-state index contributed by atoms with van der Waals surface area (Å²) in [5, 5.41) is 9.82. The summed E-state index contributed by atoms with van der Waals surface area (Å²) in [6, 6.07) is -0.594. The molecule has 0 aromatic carbocycles. The lowest BCUT2D eigenvalue weighted by molar-refractivity contribution is -0.137. The SMILES string of the molecule is CCc1nnsc1C(=O)N1CCC2(CCCCOCCCNC(=O)[C@H](C)NC2=O)CC1. The molecule has 0 unspecified atom stereocenters. The van der Waals surface area contributed by atoms with Crippen LogP contribution in [-0.4, -0.2) is 71.1 Å². The zero-order chi connectivity index (χ0) is 22.3. The van der Waals surface area contributed by atoms with Crippen molar-refractivity contribution in [2.75, 3.05) is 32.8 Å². The van der Waals surface area contributed by atoms with E-state index in [0.29, 0.717) is 57.0 Å². The Labute approximate surface area is 187 Å². The topological polar surface area (TPSA) is 114 Å². The van der Waals surface area contributed by atoms with Crippen molar-refractivity contribution < 1.29 is 19.1 Å². The van der Waals surface area contributed by atoms with Gasteiger partial charge >= 0.3 is 0 Å². The van der Waals surface area contributed by atoms with Crippen molar-refractivity contribution in [3.8, 4) is 0 Å². The molecule has 2 aliphatic rings. The monoisotopic (exact) mass is 451 g/mol. The summed E-state index contributed by atoms with van der Waals surface area (Å²) in [5.41, 5.74) is 0.153. The number of likely N-dealkylation sites (tertiary alicyclic amines) is 1. The number of piperidine rings is 1. The molecule has 10 heteroatoms. The standard InChI is InChI=1S/C21H33N5O4S/c1-3-16-17(31-25-24-16)19(28)26-11-8-21(9-12-26)7-4-5-13-30-14-6-10-22-18(27)15(2)23-20(21)29/h15H,3-14H2,1-2H3,(H,22,27)(H,23,29)/t15-/m0/s1. The maximum Gasteiger partial charge on any atom is 0.267 e. The summed E-state index contributed by atoms with van der Waals surface area (Å²) < 4.78 is 9.56. The largest absolute Gasteiger partial charge is 0.381 e. The van der Waals surface area contributed by atoms with Crippen LogP contribution in [0.2, 0.25) is 0 Å². The summed E-state index contributed by atoms with van der Waals surface area (Å²) in [7, 11) is 0. The van der Waals surface area contributed by atoms with Gasteiger partial charge in [-0.05, 0) is 57.0 Å². The van der Waals surface area contributed by atoms with Crippen molar-refractivity contribution in [1.29, 1.82) is 0 Å². The molecule has 1 aromatic heterocycles. The molecule has 1 spiro atoms. The minimum atomic E-state index is -0.594. The number of rotatable bonds is 2. The Morgan fingerprint density at radius 2 is 1.94 bits per heavy atom. The first kappa shape index (κ1) is 23.6. The lowest BCUT2D eigenvalue weighted by Gasteiger charge is -2.41. The fourth-order valence-electron chi connectivity index (χ4n) is 4.20. The van der Waals surface area contributed by atoms with Crippen LogP contribution in [0, 0.1) is 5.41 Å².